The molecule has 0 aromatic heterocycles. The van der Waals surface area contributed by atoms with E-state index in [9.17, 15) is 13.2 Å². The van der Waals surface area contributed by atoms with Crippen LogP contribution in [0.25, 0.3) is 0 Å². The number of unbranched alkanes of at least 4 members (excludes halogenated alkanes) is 5. The summed E-state index contributed by atoms with van der Waals surface area (Å²) in [5.74, 6) is -0.125. The quantitative estimate of drug-likeness (QED) is 0.0879. The zero-order valence-corrected chi connectivity index (χ0v) is 23.4. The maximum Gasteiger partial charge on any atom is 0.312 e. The Hall–Kier alpha value is -1.74. The number of carbonyl (C=O) groups excluding carboxylic acids is 1. The SMILES string of the molecule is COC(=O)CCCCCCC/C=C/C/C(=C/[Si](C)(C)C)CCNOS(=O)(=O)c1ccc(C)cc1. The molecule has 1 rings (SSSR count). The number of aryl methyl sites for hydroxylation is 1. The highest BCUT2D eigenvalue weighted by atomic mass is 32.2. The molecule has 0 bridgehead atoms. The van der Waals surface area contributed by atoms with Gasteiger partial charge in [-0.1, -0.05) is 80.0 Å². The molecule has 1 aromatic rings. The molecule has 0 saturated carbocycles. The highest BCUT2D eigenvalue weighted by molar-refractivity contribution is 7.86. The number of benzene rings is 1. The van der Waals surface area contributed by atoms with E-state index in [1.807, 2.05) is 6.92 Å². The second kappa shape index (κ2) is 16.0. The first-order valence-corrected chi connectivity index (χ1v) is 17.2. The Balaban J connectivity index is 2.36. The summed E-state index contributed by atoms with van der Waals surface area (Å²) in [6, 6.07) is 6.61. The van der Waals surface area contributed by atoms with Gasteiger partial charge in [0.1, 0.15) is 0 Å². The van der Waals surface area contributed by atoms with Crippen molar-refractivity contribution in [3.8, 4) is 0 Å². The van der Waals surface area contributed by atoms with E-state index in [-0.39, 0.29) is 10.9 Å². The van der Waals surface area contributed by atoms with E-state index < -0.39 is 18.2 Å². The van der Waals surface area contributed by atoms with Gasteiger partial charge in [0.2, 0.25) is 0 Å². The van der Waals surface area contributed by atoms with E-state index in [4.69, 9.17) is 4.28 Å². The second-order valence-corrected chi connectivity index (χ2v) is 16.3. The minimum absolute atomic E-state index is 0.125. The van der Waals surface area contributed by atoms with Crippen LogP contribution in [0.3, 0.4) is 0 Å². The number of hydrogen-bond acceptors (Lipinski definition) is 6. The molecule has 34 heavy (non-hydrogen) atoms. The summed E-state index contributed by atoms with van der Waals surface area (Å²) in [6.07, 6.45) is 13.0. The number of esters is 1. The topological polar surface area (TPSA) is 81.7 Å². The maximum atomic E-state index is 12.3. The standard InChI is InChI=1S/C26H43NO5SSi/c1-23-16-18-25(19-17-23)33(29,30)32-27-21-20-24(22-34(3,4)5)14-12-10-8-6-7-9-11-13-15-26(28)31-2/h10,12,16-19,22,27H,6-9,11,13-15,20-21H2,1-5H3/b12-10+,24-22-. The van der Waals surface area contributed by atoms with Gasteiger partial charge in [-0.25, -0.2) is 0 Å². The first-order valence-electron chi connectivity index (χ1n) is 12.2. The van der Waals surface area contributed by atoms with Crippen LogP contribution in [-0.2, 0) is 23.9 Å². The number of rotatable bonds is 17. The minimum atomic E-state index is -3.81. The third-order valence-corrected chi connectivity index (χ3v) is 7.65. The van der Waals surface area contributed by atoms with Crippen LogP contribution in [0.4, 0.5) is 0 Å². The summed E-state index contributed by atoms with van der Waals surface area (Å²) in [7, 11) is -3.78. The van der Waals surface area contributed by atoms with Crippen LogP contribution in [0, 0.1) is 6.92 Å². The van der Waals surface area contributed by atoms with Gasteiger partial charge in [0, 0.05) is 13.0 Å². The van der Waals surface area contributed by atoms with E-state index in [1.165, 1.54) is 19.1 Å². The number of hydrogen-bond donors (Lipinski definition) is 1. The summed E-state index contributed by atoms with van der Waals surface area (Å²) < 4.78 is 34.3. The van der Waals surface area contributed by atoms with E-state index in [1.54, 1.807) is 24.3 Å². The Labute approximate surface area is 207 Å². The summed E-state index contributed by atoms with van der Waals surface area (Å²) >= 11 is 0. The normalized spacial score (nSPS) is 12.9. The summed E-state index contributed by atoms with van der Waals surface area (Å²) in [4.78, 5) is 11.2. The lowest BCUT2D eigenvalue weighted by molar-refractivity contribution is -0.140. The Morgan fingerprint density at radius 1 is 0.971 bits per heavy atom. The molecule has 0 amide bonds. The average Bonchev–Trinajstić information content (AvgIpc) is 2.76. The van der Waals surface area contributed by atoms with Gasteiger partial charge in [-0.05, 0) is 51.2 Å². The molecular weight excluding hydrogens is 466 g/mol. The van der Waals surface area contributed by atoms with Crippen molar-refractivity contribution in [1.29, 1.82) is 0 Å². The van der Waals surface area contributed by atoms with Gasteiger partial charge in [0.05, 0.1) is 20.1 Å². The lowest BCUT2D eigenvalue weighted by Gasteiger charge is -2.14. The second-order valence-electron chi connectivity index (χ2n) is 9.72. The number of hydroxylamine groups is 1. The molecule has 0 fully saturated rings. The monoisotopic (exact) mass is 509 g/mol. The first-order chi connectivity index (χ1) is 16.0. The van der Waals surface area contributed by atoms with Crippen LogP contribution in [0.5, 0.6) is 0 Å². The molecule has 0 aliphatic carbocycles. The Bertz CT molecular complexity index is 887. The molecule has 0 spiro atoms. The zero-order chi connectivity index (χ0) is 25.5. The number of carbonyl (C=O) groups is 1. The van der Waals surface area contributed by atoms with Crippen LogP contribution in [0.2, 0.25) is 19.6 Å². The maximum absolute atomic E-state index is 12.3. The fourth-order valence-corrected chi connectivity index (χ4v) is 5.74. The molecule has 1 aromatic carbocycles. The largest absolute Gasteiger partial charge is 0.469 e. The van der Waals surface area contributed by atoms with Gasteiger partial charge in [0.15, 0.2) is 0 Å². The number of allylic oxidation sites excluding steroid dienone is 2. The average molecular weight is 510 g/mol. The van der Waals surface area contributed by atoms with E-state index in [0.29, 0.717) is 13.0 Å². The molecule has 0 aliphatic rings. The lowest BCUT2D eigenvalue weighted by Crippen LogP contribution is -2.23. The number of nitrogens with one attached hydrogen (secondary N) is 1. The summed E-state index contributed by atoms with van der Waals surface area (Å²) in [6.45, 7) is 9.22. The van der Waals surface area contributed by atoms with Crippen LogP contribution >= 0.6 is 0 Å². The zero-order valence-electron chi connectivity index (χ0n) is 21.6. The van der Waals surface area contributed by atoms with E-state index in [0.717, 1.165) is 50.5 Å². The third-order valence-electron chi connectivity index (χ3n) is 5.19. The van der Waals surface area contributed by atoms with Gasteiger partial charge in [-0.3, -0.25) is 4.79 Å². The van der Waals surface area contributed by atoms with Crippen molar-refractivity contribution in [3.63, 3.8) is 0 Å². The molecule has 192 valence electrons. The summed E-state index contributed by atoms with van der Waals surface area (Å²) in [5, 5.41) is 0. The first kappa shape index (κ1) is 30.3. The van der Waals surface area contributed by atoms with Crippen molar-refractivity contribution >= 4 is 24.2 Å². The van der Waals surface area contributed by atoms with Gasteiger partial charge in [-0.15, -0.1) is 0 Å². The number of methoxy groups -OCH3 is 1. The molecule has 0 aliphatic heterocycles. The van der Waals surface area contributed by atoms with Crippen LogP contribution in [-0.4, -0.2) is 36.1 Å². The van der Waals surface area contributed by atoms with Crippen LogP contribution < -0.4 is 5.48 Å². The minimum Gasteiger partial charge on any atom is -0.469 e. The highest BCUT2D eigenvalue weighted by Crippen LogP contribution is 2.16. The van der Waals surface area contributed by atoms with Gasteiger partial charge in [0.25, 0.3) is 0 Å². The van der Waals surface area contributed by atoms with E-state index >= 15 is 0 Å². The molecule has 0 atom stereocenters. The van der Waals surface area contributed by atoms with Crippen molar-refractivity contribution in [2.24, 2.45) is 0 Å². The third kappa shape index (κ3) is 14.5. The molecule has 0 unspecified atom stereocenters. The number of ether oxygens (including phenoxy) is 1. The molecule has 6 nitrogen and oxygen atoms in total. The van der Waals surface area contributed by atoms with Crippen molar-refractivity contribution in [2.45, 2.75) is 89.2 Å². The molecular formula is C26H43NO5SSi. The Kier molecular flexibility index (Phi) is 14.3. The Morgan fingerprint density at radius 3 is 2.26 bits per heavy atom. The van der Waals surface area contributed by atoms with Gasteiger partial charge >= 0.3 is 16.1 Å². The molecule has 1 N–H and O–H groups in total. The molecule has 0 saturated heterocycles. The van der Waals surface area contributed by atoms with Crippen molar-refractivity contribution < 1.29 is 22.2 Å². The van der Waals surface area contributed by atoms with Gasteiger partial charge < -0.3 is 4.74 Å². The van der Waals surface area contributed by atoms with Crippen molar-refractivity contribution in [1.82, 2.24) is 5.48 Å². The van der Waals surface area contributed by atoms with Crippen LogP contribution in [0.15, 0.2) is 52.6 Å². The van der Waals surface area contributed by atoms with Crippen molar-refractivity contribution in [3.05, 3.63) is 53.3 Å². The molecule has 0 heterocycles. The van der Waals surface area contributed by atoms with Gasteiger partial charge in [-0.2, -0.15) is 18.2 Å². The lowest BCUT2D eigenvalue weighted by atomic mass is 10.1. The Morgan fingerprint density at radius 2 is 1.62 bits per heavy atom. The fourth-order valence-electron chi connectivity index (χ4n) is 3.45. The predicted molar refractivity (Wildman–Crippen MR) is 142 cm³/mol. The highest BCUT2D eigenvalue weighted by Gasteiger charge is 2.15. The predicted octanol–water partition coefficient (Wildman–Crippen LogP) is 6.25. The molecule has 0 radical (unpaired) electrons. The van der Waals surface area contributed by atoms with E-state index in [2.05, 4.69) is 47.7 Å². The summed E-state index contributed by atoms with van der Waals surface area (Å²) in [5.41, 5.74) is 7.32. The molecule has 8 heteroatoms. The smallest absolute Gasteiger partial charge is 0.312 e. The fraction of sp³-hybridized carbons (Fsp3) is 0.577. The van der Waals surface area contributed by atoms with Crippen LogP contribution in [0.1, 0.15) is 63.4 Å². The van der Waals surface area contributed by atoms with Crippen molar-refractivity contribution in [2.75, 3.05) is 13.7 Å².